The zero-order valence-corrected chi connectivity index (χ0v) is 13.2. The molecule has 0 aliphatic carbocycles. The van der Waals surface area contributed by atoms with Crippen LogP contribution in [-0.4, -0.2) is 35.8 Å². The van der Waals surface area contributed by atoms with Crippen LogP contribution >= 0.6 is 0 Å². The summed E-state index contributed by atoms with van der Waals surface area (Å²) in [7, 11) is 0. The molecule has 0 aromatic heterocycles. The summed E-state index contributed by atoms with van der Waals surface area (Å²) in [5.74, 6) is -0.290. The first-order valence-corrected chi connectivity index (χ1v) is 7.25. The van der Waals surface area contributed by atoms with Gasteiger partial charge in [0.1, 0.15) is 0 Å². The van der Waals surface area contributed by atoms with Gasteiger partial charge in [0.25, 0.3) is 0 Å². The van der Waals surface area contributed by atoms with E-state index in [0.29, 0.717) is 6.54 Å². The first-order valence-electron chi connectivity index (χ1n) is 7.25. The molecule has 1 aromatic rings. The predicted molar refractivity (Wildman–Crippen MR) is 85.7 cm³/mol. The van der Waals surface area contributed by atoms with Crippen LogP contribution in [0.3, 0.4) is 0 Å². The Morgan fingerprint density at radius 2 is 2.05 bits per heavy atom. The maximum Gasteiger partial charge on any atom is 0.247 e. The lowest BCUT2D eigenvalue weighted by Crippen LogP contribution is -2.42. The normalized spacial score (nSPS) is 10.9. The average Bonchev–Trinajstić information content (AvgIpc) is 2.41. The van der Waals surface area contributed by atoms with Gasteiger partial charge in [0.05, 0.1) is 6.54 Å². The lowest BCUT2D eigenvalue weighted by molar-refractivity contribution is -0.132. The highest BCUT2D eigenvalue weighted by Crippen LogP contribution is 2.06. The van der Waals surface area contributed by atoms with Gasteiger partial charge in [-0.1, -0.05) is 29.8 Å². The molecule has 0 fully saturated rings. The molecule has 21 heavy (non-hydrogen) atoms. The minimum atomic E-state index is -0.155. The van der Waals surface area contributed by atoms with E-state index in [9.17, 15) is 9.59 Å². The number of hydrogen-bond donors (Lipinski definition) is 1. The van der Waals surface area contributed by atoms with E-state index < -0.39 is 0 Å². The van der Waals surface area contributed by atoms with Gasteiger partial charge in [-0.3, -0.25) is 9.59 Å². The Balaban J connectivity index is 2.64. The smallest absolute Gasteiger partial charge is 0.247 e. The number of hydrogen-bond acceptors (Lipinski definition) is 2. The fourth-order valence-electron chi connectivity index (χ4n) is 1.93. The molecule has 0 aliphatic rings. The third-order valence-corrected chi connectivity index (χ3v) is 2.94. The maximum absolute atomic E-state index is 12.1. The standard InChI is InChI=1S/C17H24N2O2/c1-5-19(12-16(20)18-13(2)3)17(21)10-9-15-8-6-7-14(4)11-15/h6-11,13H,5,12H2,1-4H3,(H,18,20)/b10-9+. The summed E-state index contributed by atoms with van der Waals surface area (Å²) in [5, 5.41) is 2.79. The van der Waals surface area contributed by atoms with Crippen molar-refractivity contribution in [2.45, 2.75) is 33.7 Å². The largest absolute Gasteiger partial charge is 0.352 e. The van der Waals surface area contributed by atoms with Crippen molar-refractivity contribution < 1.29 is 9.59 Å². The lowest BCUT2D eigenvalue weighted by atomic mass is 10.1. The molecule has 0 aliphatic heterocycles. The van der Waals surface area contributed by atoms with Gasteiger partial charge in [0.2, 0.25) is 11.8 Å². The van der Waals surface area contributed by atoms with Crippen molar-refractivity contribution in [2.24, 2.45) is 0 Å². The van der Waals surface area contributed by atoms with Crippen molar-refractivity contribution in [1.29, 1.82) is 0 Å². The highest BCUT2D eigenvalue weighted by atomic mass is 16.2. The van der Waals surface area contributed by atoms with E-state index in [0.717, 1.165) is 11.1 Å². The minimum Gasteiger partial charge on any atom is -0.352 e. The highest BCUT2D eigenvalue weighted by Gasteiger charge is 2.13. The number of amides is 2. The van der Waals surface area contributed by atoms with E-state index >= 15 is 0 Å². The number of nitrogens with one attached hydrogen (secondary N) is 1. The quantitative estimate of drug-likeness (QED) is 0.817. The Hall–Kier alpha value is -2.10. The molecule has 0 saturated carbocycles. The molecule has 4 nitrogen and oxygen atoms in total. The van der Waals surface area contributed by atoms with Crippen LogP contribution in [0.2, 0.25) is 0 Å². The van der Waals surface area contributed by atoms with Gasteiger partial charge in [0.15, 0.2) is 0 Å². The lowest BCUT2D eigenvalue weighted by Gasteiger charge is -2.19. The number of likely N-dealkylation sites (N-methyl/N-ethyl adjacent to an activating group) is 1. The Labute approximate surface area is 126 Å². The number of rotatable bonds is 6. The Morgan fingerprint density at radius 1 is 1.33 bits per heavy atom. The van der Waals surface area contributed by atoms with Crippen molar-refractivity contribution >= 4 is 17.9 Å². The molecule has 0 heterocycles. The first kappa shape index (κ1) is 17.0. The zero-order valence-electron chi connectivity index (χ0n) is 13.2. The summed E-state index contributed by atoms with van der Waals surface area (Å²) in [6.07, 6.45) is 3.29. The number of carbonyl (C=O) groups is 2. The topological polar surface area (TPSA) is 49.4 Å². The summed E-state index contributed by atoms with van der Waals surface area (Å²) >= 11 is 0. The Kier molecular flexibility index (Phi) is 6.66. The van der Waals surface area contributed by atoms with Gasteiger partial charge in [-0.2, -0.15) is 0 Å². The van der Waals surface area contributed by atoms with Gasteiger partial charge in [-0.15, -0.1) is 0 Å². The van der Waals surface area contributed by atoms with E-state index in [4.69, 9.17) is 0 Å². The number of benzene rings is 1. The SMILES string of the molecule is CCN(CC(=O)NC(C)C)C(=O)/C=C/c1cccc(C)c1. The van der Waals surface area contributed by atoms with Crippen molar-refractivity contribution in [3.8, 4) is 0 Å². The van der Waals surface area contributed by atoms with Crippen LogP contribution in [0.25, 0.3) is 6.08 Å². The molecule has 1 aromatic carbocycles. The summed E-state index contributed by atoms with van der Waals surface area (Å²) in [5.41, 5.74) is 2.12. The summed E-state index contributed by atoms with van der Waals surface area (Å²) in [6, 6.07) is 7.99. The second kappa shape index (κ2) is 8.25. The van der Waals surface area contributed by atoms with Gasteiger partial charge in [0, 0.05) is 18.7 Å². The van der Waals surface area contributed by atoms with Crippen LogP contribution in [0.1, 0.15) is 31.9 Å². The molecule has 1 N–H and O–H groups in total. The molecule has 0 atom stereocenters. The van der Waals surface area contributed by atoms with E-state index in [2.05, 4.69) is 5.32 Å². The van der Waals surface area contributed by atoms with Gasteiger partial charge < -0.3 is 10.2 Å². The molecule has 2 amide bonds. The molecular formula is C17H24N2O2. The molecule has 4 heteroatoms. The number of aryl methyl sites for hydroxylation is 1. The monoisotopic (exact) mass is 288 g/mol. The van der Waals surface area contributed by atoms with E-state index in [-0.39, 0.29) is 24.4 Å². The van der Waals surface area contributed by atoms with Crippen LogP contribution in [0.15, 0.2) is 30.3 Å². The molecule has 0 unspecified atom stereocenters. The van der Waals surface area contributed by atoms with Crippen molar-refractivity contribution in [2.75, 3.05) is 13.1 Å². The molecule has 114 valence electrons. The average molecular weight is 288 g/mol. The molecule has 0 spiro atoms. The third kappa shape index (κ3) is 6.25. The first-order chi connectivity index (χ1) is 9.92. The fraction of sp³-hybridized carbons (Fsp3) is 0.412. The van der Waals surface area contributed by atoms with Gasteiger partial charge in [-0.05, 0) is 39.3 Å². The Bertz CT molecular complexity index is 521. The molecule has 0 bridgehead atoms. The second-order valence-electron chi connectivity index (χ2n) is 5.32. The van der Waals surface area contributed by atoms with Crippen molar-refractivity contribution in [3.63, 3.8) is 0 Å². The molecule has 1 rings (SSSR count). The van der Waals surface area contributed by atoms with E-state index in [1.54, 1.807) is 6.08 Å². The molecular weight excluding hydrogens is 264 g/mol. The van der Waals surface area contributed by atoms with Gasteiger partial charge in [-0.25, -0.2) is 0 Å². The third-order valence-electron chi connectivity index (χ3n) is 2.94. The number of nitrogens with zero attached hydrogens (tertiary/aromatic N) is 1. The zero-order chi connectivity index (χ0) is 15.8. The van der Waals surface area contributed by atoms with Crippen LogP contribution < -0.4 is 5.32 Å². The number of carbonyl (C=O) groups excluding carboxylic acids is 2. The summed E-state index contributed by atoms with van der Waals surface area (Å²) < 4.78 is 0. The van der Waals surface area contributed by atoms with Crippen LogP contribution in [-0.2, 0) is 9.59 Å². The minimum absolute atomic E-state index is 0.0779. The fourth-order valence-corrected chi connectivity index (χ4v) is 1.93. The predicted octanol–water partition coefficient (Wildman–Crippen LogP) is 2.38. The summed E-state index contributed by atoms with van der Waals surface area (Å²) in [6.45, 7) is 8.25. The Morgan fingerprint density at radius 3 is 2.62 bits per heavy atom. The van der Waals surface area contributed by atoms with Crippen LogP contribution in [0.4, 0.5) is 0 Å². The highest BCUT2D eigenvalue weighted by molar-refractivity contribution is 5.94. The van der Waals surface area contributed by atoms with Crippen molar-refractivity contribution in [1.82, 2.24) is 10.2 Å². The second-order valence-corrected chi connectivity index (χ2v) is 5.32. The van der Waals surface area contributed by atoms with Crippen molar-refractivity contribution in [3.05, 3.63) is 41.5 Å². The molecule has 0 saturated heterocycles. The van der Waals surface area contributed by atoms with E-state index in [1.165, 1.54) is 11.0 Å². The summed E-state index contributed by atoms with van der Waals surface area (Å²) in [4.78, 5) is 25.3. The maximum atomic E-state index is 12.1. The van der Waals surface area contributed by atoms with E-state index in [1.807, 2.05) is 52.0 Å². The van der Waals surface area contributed by atoms with Crippen LogP contribution in [0.5, 0.6) is 0 Å². The molecule has 0 radical (unpaired) electrons. The van der Waals surface area contributed by atoms with Gasteiger partial charge >= 0.3 is 0 Å². The van der Waals surface area contributed by atoms with Crippen LogP contribution in [0, 0.1) is 6.92 Å².